The number of hydrogen-bond donors (Lipinski definition) is 2. The SMILES string of the molecule is O=C(Nc1ccc(Cl)c(F)c1C(=O)O)OCC1c2ccccc2-c2ccccc21. The minimum atomic E-state index is -1.54. The maximum Gasteiger partial charge on any atom is 0.411 e. The summed E-state index contributed by atoms with van der Waals surface area (Å²) in [5.41, 5.74) is 3.33. The number of fused-ring (bicyclic) bond motifs is 3. The number of aromatic carboxylic acids is 1. The van der Waals surface area contributed by atoms with E-state index in [9.17, 15) is 19.1 Å². The van der Waals surface area contributed by atoms with Crippen LogP contribution in [0, 0.1) is 5.82 Å². The molecule has 29 heavy (non-hydrogen) atoms. The molecule has 7 heteroatoms. The molecule has 5 nitrogen and oxygen atoms in total. The Morgan fingerprint density at radius 2 is 1.59 bits per heavy atom. The first kappa shape index (κ1) is 19.0. The van der Waals surface area contributed by atoms with Crippen molar-refractivity contribution in [3.8, 4) is 11.1 Å². The molecule has 0 heterocycles. The van der Waals surface area contributed by atoms with Crippen molar-refractivity contribution in [2.75, 3.05) is 11.9 Å². The van der Waals surface area contributed by atoms with E-state index >= 15 is 0 Å². The minimum Gasteiger partial charge on any atom is -0.478 e. The Kier molecular flexibility index (Phi) is 4.94. The van der Waals surface area contributed by atoms with Gasteiger partial charge in [-0.2, -0.15) is 0 Å². The van der Waals surface area contributed by atoms with E-state index in [0.717, 1.165) is 22.3 Å². The Bertz CT molecular complexity index is 1090. The standard InChI is InChI=1S/C22H15ClFNO4/c23-17-9-10-18(19(20(17)24)21(26)27)25-22(28)29-11-16-14-7-3-1-5-12(14)13-6-2-4-8-15(13)16/h1-10,16H,11H2,(H,25,28)(H,26,27). The van der Waals surface area contributed by atoms with E-state index in [1.54, 1.807) is 0 Å². The van der Waals surface area contributed by atoms with Gasteiger partial charge in [-0.25, -0.2) is 14.0 Å². The summed E-state index contributed by atoms with van der Waals surface area (Å²) in [6.45, 7) is 0.0539. The fraction of sp³-hybridized carbons (Fsp3) is 0.0909. The molecule has 146 valence electrons. The molecule has 0 aromatic heterocycles. The highest BCUT2D eigenvalue weighted by Crippen LogP contribution is 2.44. The quantitative estimate of drug-likeness (QED) is 0.591. The Morgan fingerprint density at radius 3 is 2.17 bits per heavy atom. The number of anilines is 1. The summed E-state index contributed by atoms with van der Waals surface area (Å²) in [4.78, 5) is 23.6. The molecule has 3 aromatic carbocycles. The van der Waals surface area contributed by atoms with Gasteiger partial charge in [-0.05, 0) is 34.4 Å². The second-order valence-corrected chi connectivity index (χ2v) is 6.95. The second-order valence-electron chi connectivity index (χ2n) is 6.54. The number of amides is 1. The summed E-state index contributed by atoms with van der Waals surface area (Å²) in [5, 5.41) is 11.2. The van der Waals surface area contributed by atoms with Gasteiger partial charge in [0, 0.05) is 5.92 Å². The van der Waals surface area contributed by atoms with Crippen LogP contribution >= 0.6 is 11.6 Å². The summed E-state index contributed by atoms with van der Waals surface area (Å²) < 4.78 is 19.4. The first-order valence-corrected chi connectivity index (χ1v) is 9.18. The van der Waals surface area contributed by atoms with Crippen molar-refractivity contribution in [1.82, 2.24) is 0 Å². The molecule has 0 aliphatic heterocycles. The van der Waals surface area contributed by atoms with Crippen LogP contribution in [0.15, 0.2) is 60.7 Å². The summed E-state index contributed by atoms with van der Waals surface area (Å²) >= 11 is 5.63. The highest BCUT2D eigenvalue weighted by Gasteiger charge is 2.29. The first-order chi connectivity index (χ1) is 14.0. The molecule has 0 bridgehead atoms. The minimum absolute atomic E-state index is 0.0539. The van der Waals surface area contributed by atoms with Crippen molar-refractivity contribution in [3.63, 3.8) is 0 Å². The summed E-state index contributed by atoms with van der Waals surface area (Å²) in [6, 6.07) is 18.1. The zero-order valence-electron chi connectivity index (χ0n) is 15.0. The number of carbonyl (C=O) groups excluding carboxylic acids is 1. The monoisotopic (exact) mass is 411 g/mol. The van der Waals surface area contributed by atoms with E-state index in [4.69, 9.17) is 16.3 Å². The fourth-order valence-corrected chi connectivity index (χ4v) is 3.77. The summed E-state index contributed by atoms with van der Waals surface area (Å²) in [7, 11) is 0. The van der Waals surface area contributed by atoms with Crippen LogP contribution in [0.5, 0.6) is 0 Å². The highest BCUT2D eigenvalue weighted by molar-refractivity contribution is 6.31. The predicted molar refractivity (Wildman–Crippen MR) is 107 cm³/mol. The summed E-state index contributed by atoms with van der Waals surface area (Å²) in [6.07, 6.45) is -0.879. The van der Waals surface area contributed by atoms with Gasteiger partial charge in [0.05, 0.1) is 10.7 Å². The third kappa shape index (κ3) is 3.43. The molecule has 0 fully saturated rings. The molecule has 4 rings (SSSR count). The molecular formula is C22H15ClFNO4. The Morgan fingerprint density at radius 1 is 1.00 bits per heavy atom. The van der Waals surface area contributed by atoms with Crippen LogP contribution in [0.4, 0.5) is 14.9 Å². The molecular weight excluding hydrogens is 397 g/mol. The smallest absolute Gasteiger partial charge is 0.411 e. The van der Waals surface area contributed by atoms with Crippen molar-refractivity contribution in [3.05, 3.63) is 88.2 Å². The number of nitrogens with one attached hydrogen (secondary N) is 1. The molecule has 2 N–H and O–H groups in total. The van der Waals surface area contributed by atoms with Crippen LogP contribution < -0.4 is 5.32 Å². The predicted octanol–water partition coefficient (Wildman–Crippen LogP) is 5.54. The van der Waals surface area contributed by atoms with Crippen LogP contribution in [0.1, 0.15) is 27.4 Å². The lowest BCUT2D eigenvalue weighted by Crippen LogP contribution is -2.20. The molecule has 0 radical (unpaired) electrons. The van der Waals surface area contributed by atoms with Crippen LogP contribution in [0.2, 0.25) is 5.02 Å². The average molecular weight is 412 g/mol. The van der Waals surface area contributed by atoms with Crippen molar-refractivity contribution in [2.45, 2.75) is 5.92 Å². The van der Waals surface area contributed by atoms with Crippen LogP contribution in [-0.4, -0.2) is 23.8 Å². The van der Waals surface area contributed by atoms with Gasteiger partial charge in [-0.15, -0.1) is 0 Å². The van der Waals surface area contributed by atoms with Gasteiger partial charge in [-0.1, -0.05) is 60.1 Å². The number of carbonyl (C=O) groups is 2. The molecule has 3 aromatic rings. The van der Waals surface area contributed by atoms with Crippen molar-refractivity contribution in [2.24, 2.45) is 0 Å². The van der Waals surface area contributed by atoms with Gasteiger partial charge in [0.2, 0.25) is 0 Å². The van der Waals surface area contributed by atoms with Crippen molar-refractivity contribution in [1.29, 1.82) is 0 Å². The van der Waals surface area contributed by atoms with Crippen LogP contribution in [0.3, 0.4) is 0 Å². The molecule has 0 spiro atoms. The van der Waals surface area contributed by atoms with E-state index < -0.39 is 23.4 Å². The highest BCUT2D eigenvalue weighted by atomic mass is 35.5. The van der Waals surface area contributed by atoms with E-state index in [-0.39, 0.29) is 23.2 Å². The molecule has 0 saturated carbocycles. The number of carboxylic acids is 1. The topological polar surface area (TPSA) is 75.6 Å². The van der Waals surface area contributed by atoms with E-state index in [1.807, 2.05) is 48.5 Å². The first-order valence-electron chi connectivity index (χ1n) is 8.80. The van der Waals surface area contributed by atoms with Gasteiger partial charge in [0.25, 0.3) is 0 Å². The maximum absolute atomic E-state index is 14.0. The number of rotatable bonds is 4. The lowest BCUT2D eigenvalue weighted by Gasteiger charge is -2.15. The fourth-order valence-electron chi connectivity index (χ4n) is 3.61. The summed E-state index contributed by atoms with van der Waals surface area (Å²) in [5.74, 6) is -2.80. The molecule has 0 atom stereocenters. The zero-order valence-corrected chi connectivity index (χ0v) is 15.7. The third-order valence-corrected chi connectivity index (χ3v) is 5.18. The Labute approximate surface area is 170 Å². The molecule has 1 aliphatic carbocycles. The normalized spacial score (nSPS) is 12.2. The lowest BCUT2D eigenvalue weighted by atomic mass is 9.98. The van der Waals surface area contributed by atoms with E-state index in [2.05, 4.69) is 5.32 Å². The molecule has 0 unspecified atom stereocenters. The third-order valence-electron chi connectivity index (χ3n) is 4.89. The second kappa shape index (κ2) is 7.56. The van der Waals surface area contributed by atoms with Gasteiger partial charge < -0.3 is 9.84 Å². The van der Waals surface area contributed by atoms with Gasteiger partial charge in [0.15, 0.2) is 5.82 Å². The molecule has 0 saturated heterocycles. The number of halogens is 2. The van der Waals surface area contributed by atoms with E-state index in [0.29, 0.717) is 0 Å². The zero-order chi connectivity index (χ0) is 20.5. The van der Waals surface area contributed by atoms with Crippen LogP contribution in [0.25, 0.3) is 11.1 Å². The average Bonchev–Trinajstić information content (AvgIpc) is 3.03. The molecule has 1 aliphatic rings. The number of hydrogen-bond acceptors (Lipinski definition) is 3. The largest absolute Gasteiger partial charge is 0.478 e. The van der Waals surface area contributed by atoms with Gasteiger partial charge in [0.1, 0.15) is 12.2 Å². The van der Waals surface area contributed by atoms with Crippen molar-refractivity contribution >= 4 is 29.4 Å². The van der Waals surface area contributed by atoms with Crippen molar-refractivity contribution < 1.29 is 23.8 Å². The maximum atomic E-state index is 14.0. The Hall–Kier alpha value is -3.38. The number of carboxylic acid groups (broad SMARTS) is 1. The van der Waals surface area contributed by atoms with Crippen LogP contribution in [-0.2, 0) is 4.74 Å². The Balaban J connectivity index is 1.53. The van der Waals surface area contributed by atoms with Gasteiger partial charge in [-0.3, -0.25) is 5.32 Å². The number of benzene rings is 3. The number of ether oxygens (including phenoxy) is 1. The van der Waals surface area contributed by atoms with E-state index in [1.165, 1.54) is 12.1 Å². The molecule has 1 amide bonds. The lowest BCUT2D eigenvalue weighted by molar-refractivity contribution is 0.0693. The van der Waals surface area contributed by atoms with Gasteiger partial charge >= 0.3 is 12.1 Å².